The molecule has 1 heterocycles. The van der Waals surface area contributed by atoms with Crippen molar-refractivity contribution in [1.82, 2.24) is 15.0 Å². The minimum absolute atomic E-state index is 0.366. The van der Waals surface area contributed by atoms with Crippen LogP contribution in [-0.4, -0.2) is 39.4 Å². The molecule has 1 atom stereocenters. The van der Waals surface area contributed by atoms with Gasteiger partial charge >= 0.3 is 0 Å². The molecule has 0 bridgehead atoms. The van der Waals surface area contributed by atoms with E-state index in [0.29, 0.717) is 31.2 Å². The number of nitrogens with zero attached hydrogens (tertiary/aromatic N) is 3. The molecule has 3 aromatic rings. The predicted octanol–water partition coefficient (Wildman–Crippen LogP) is 7.99. The summed E-state index contributed by atoms with van der Waals surface area (Å²) in [7, 11) is 0. The van der Waals surface area contributed by atoms with Crippen LogP contribution in [0.3, 0.4) is 0 Å². The quantitative estimate of drug-likeness (QED) is 0.150. The summed E-state index contributed by atoms with van der Waals surface area (Å²) in [6.07, 6.45) is 15.0. The molecule has 0 saturated carbocycles. The zero-order chi connectivity index (χ0) is 26.1. The van der Waals surface area contributed by atoms with Gasteiger partial charge in [0, 0.05) is 5.02 Å². The van der Waals surface area contributed by atoms with Crippen LogP contribution in [0, 0.1) is 0 Å². The van der Waals surface area contributed by atoms with E-state index in [1.54, 1.807) is 4.80 Å². The number of rotatable bonds is 20. The fourth-order valence-electron chi connectivity index (χ4n) is 4.41. The first kappa shape index (κ1) is 29.2. The van der Waals surface area contributed by atoms with E-state index >= 15 is 0 Å². The number of hydrogen-bond acceptors (Lipinski definition) is 5. The summed E-state index contributed by atoms with van der Waals surface area (Å²) in [6.45, 7) is 3.94. The minimum Gasteiger partial charge on any atom is -0.494 e. The van der Waals surface area contributed by atoms with Crippen LogP contribution in [-0.2, 0) is 6.54 Å². The molecular weight excluding hydrogens is 486 g/mol. The first-order chi connectivity index (χ1) is 18.2. The summed E-state index contributed by atoms with van der Waals surface area (Å²) >= 11 is 5.89. The third kappa shape index (κ3) is 11.3. The Bertz CT molecular complexity index is 1010. The van der Waals surface area contributed by atoms with Gasteiger partial charge in [0.05, 0.1) is 25.9 Å². The smallest absolute Gasteiger partial charge is 0.155 e. The predicted molar refractivity (Wildman–Crippen MR) is 152 cm³/mol. The molecule has 7 heteroatoms. The molecule has 0 aliphatic carbocycles. The summed E-state index contributed by atoms with van der Waals surface area (Å²) in [5.41, 5.74) is 1.56. The molecule has 6 nitrogen and oxygen atoms in total. The average Bonchev–Trinajstić information content (AvgIpc) is 3.31. The van der Waals surface area contributed by atoms with Crippen molar-refractivity contribution < 1.29 is 14.6 Å². The minimum atomic E-state index is -0.506. The maximum atomic E-state index is 10.5. The Labute approximate surface area is 227 Å². The molecule has 0 saturated heterocycles. The average molecular weight is 530 g/mol. The normalized spacial score (nSPS) is 12.2. The molecule has 0 radical (unpaired) electrons. The summed E-state index contributed by atoms with van der Waals surface area (Å²) in [5.74, 6) is 1.58. The van der Waals surface area contributed by atoms with Crippen LogP contribution in [0.1, 0.15) is 90.4 Å². The number of aliphatic hydroxyl groups is 1. The van der Waals surface area contributed by atoms with E-state index in [4.69, 9.17) is 21.1 Å². The number of aromatic nitrogens is 3. The van der Waals surface area contributed by atoms with Crippen LogP contribution >= 0.6 is 11.6 Å². The van der Waals surface area contributed by atoms with Crippen molar-refractivity contribution in [3.63, 3.8) is 0 Å². The molecule has 1 aromatic heterocycles. The summed E-state index contributed by atoms with van der Waals surface area (Å²) in [6, 6.07) is 13.2. The number of aliphatic hydroxyl groups excluding tert-OH is 1. The second-order valence-electron chi connectivity index (χ2n) is 9.86. The van der Waals surface area contributed by atoms with Gasteiger partial charge in [0.25, 0.3) is 0 Å². The molecule has 0 aliphatic heterocycles. The van der Waals surface area contributed by atoms with Gasteiger partial charge in [-0.3, -0.25) is 0 Å². The third-order valence-electron chi connectivity index (χ3n) is 6.56. The molecule has 204 valence electrons. The molecule has 3 rings (SSSR count). The maximum Gasteiger partial charge on any atom is 0.155 e. The van der Waals surface area contributed by atoms with E-state index in [1.807, 2.05) is 42.5 Å². The number of benzene rings is 2. The zero-order valence-electron chi connectivity index (χ0n) is 22.4. The van der Waals surface area contributed by atoms with E-state index in [-0.39, 0.29) is 0 Å². The van der Waals surface area contributed by atoms with Crippen molar-refractivity contribution in [2.45, 2.75) is 103 Å². The topological polar surface area (TPSA) is 69.4 Å². The maximum absolute atomic E-state index is 10.5. The van der Waals surface area contributed by atoms with Crippen molar-refractivity contribution in [2.24, 2.45) is 0 Å². The van der Waals surface area contributed by atoms with Crippen LogP contribution < -0.4 is 9.47 Å². The highest BCUT2D eigenvalue weighted by Gasteiger charge is 2.12. The lowest BCUT2D eigenvalue weighted by molar-refractivity contribution is 0.129. The van der Waals surface area contributed by atoms with E-state index in [1.165, 1.54) is 57.8 Å². The fourth-order valence-corrected chi connectivity index (χ4v) is 4.53. The number of ether oxygens (including phenoxy) is 2. The molecule has 1 N–H and O–H groups in total. The Morgan fingerprint density at radius 1 is 0.784 bits per heavy atom. The summed E-state index contributed by atoms with van der Waals surface area (Å²) in [5, 5.41) is 20.3. The van der Waals surface area contributed by atoms with Gasteiger partial charge in [-0.05, 0) is 62.1 Å². The standard InChI is InChI=1S/C30H44ClN3O3/c1-2-3-4-5-6-7-8-9-10-12-23-37-29-17-14-16-28-30(29)33-34(32-28)24-26(35)15-11-13-22-36-27-20-18-25(31)19-21-27/h14,16-21,26,35H,2-13,15,22-24H2,1H3. The van der Waals surface area contributed by atoms with Crippen LogP contribution in [0.25, 0.3) is 11.0 Å². The van der Waals surface area contributed by atoms with E-state index in [0.717, 1.165) is 41.8 Å². The Morgan fingerprint density at radius 3 is 2.16 bits per heavy atom. The lowest BCUT2D eigenvalue weighted by Crippen LogP contribution is -2.18. The molecule has 0 spiro atoms. The Hall–Kier alpha value is -2.31. The Morgan fingerprint density at radius 2 is 1.43 bits per heavy atom. The highest BCUT2D eigenvalue weighted by molar-refractivity contribution is 6.30. The molecular formula is C30H44ClN3O3. The highest BCUT2D eigenvalue weighted by Crippen LogP contribution is 2.23. The van der Waals surface area contributed by atoms with Gasteiger partial charge in [0.15, 0.2) is 5.52 Å². The van der Waals surface area contributed by atoms with Crippen molar-refractivity contribution >= 4 is 22.6 Å². The highest BCUT2D eigenvalue weighted by atomic mass is 35.5. The molecule has 1 unspecified atom stereocenters. The van der Waals surface area contributed by atoms with E-state index in [9.17, 15) is 5.11 Å². The Kier molecular flexibility index (Phi) is 13.6. The van der Waals surface area contributed by atoms with Crippen LogP contribution in [0.2, 0.25) is 5.02 Å². The lowest BCUT2D eigenvalue weighted by atomic mass is 10.1. The second kappa shape index (κ2) is 17.2. The number of hydrogen-bond donors (Lipinski definition) is 1. The number of halogens is 1. The van der Waals surface area contributed by atoms with E-state index < -0.39 is 6.10 Å². The van der Waals surface area contributed by atoms with Gasteiger partial charge < -0.3 is 14.6 Å². The van der Waals surface area contributed by atoms with E-state index in [2.05, 4.69) is 17.1 Å². The third-order valence-corrected chi connectivity index (χ3v) is 6.81. The Balaban J connectivity index is 1.30. The first-order valence-electron chi connectivity index (χ1n) is 14.2. The van der Waals surface area contributed by atoms with Crippen LogP contribution in [0.5, 0.6) is 11.5 Å². The number of fused-ring (bicyclic) bond motifs is 1. The zero-order valence-corrected chi connectivity index (χ0v) is 23.2. The van der Waals surface area contributed by atoms with Crippen molar-refractivity contribution in [3.8, 4) is 11.5 Å². The molecule has 0 fully saturated rings. The van der Waals surface area contributed by atoms with Gasteiger partial charge in [-0.2, -0.15) is 9.90 Å². The van der Waals surface area contributed by atoms with Crippen molar-refractivity contribution in [2.75, 3.05) is 13.2 Å². The van der Waals surface area contributed by atoms with Gasteiger partial charge in [0.2, 0.25) is 0 Å². The number of unbranched alkanes of at least 4 members (excludes halogenated alkanes) is 10. The van der Waals surface area contributed by atoms with Crippen LogP contribution in [0.15, 0.2) is 42.5 Å². The van der Waals surface area contributed by atoms with Crippen LogP contribution in [0.4, 0.5) is 0 Å². The van der Waals surface area contributed by atoms with Gasteiger partial charge in [-0.15, -0.1) is 5.10 Å². The molecule has 0 aliphatic rings. The van der Waals surface area contributed by atoms with Crippen molar-refractivity contribution in [3.05, 3.63) is 47.5 Å². The fraction of sp³-hybridized carbons (Fsp3) is 0.600. The second-order valence-corrected chi connectivity index (χ2v) is 10.3. The first-order valence-corrected chi connectivity index (χ1v) is 14.6. The monoisotopic (exact) mass is 529 g/mol. The summed E-state index contributed by atoms with van der Waals surface area (Å²) < 4.78 is 11.8. The van der Waals surface area contributed by atoms with Gasteiger partial charge in [0.1, 0.15) is 17.0 Å². The van der Waals surface area contributed by atoms with Crippen molar-refractivity contribution in [1.29, 1.82) is 0 Å². The lowest BCUT2D eigenvalue weighted by Gasteiger charge is -2.10. The largest absolute Gasteiger partial charge is 0.494 e. The SMILES string of the molecule is CCCCCCCCCCCCOc1cccc2nn(CC(O)CCCCOc3ccc(Cl)cc3)nc12. The molecule has 37 heavy (non-hydrogen) atoms. The molecule has 2 aromatic carbocycles. The molecule has 0 amide bonds. The van der Waals surface area contributed by atoms with Gasteiger partial charge in [-0.1, -0.05) is 82.4 Å². The summed E-state index contributed by atoms with van der Waals surface area (Å²) in [4.78, 5) is 1.59. The van der Waals surface area contributed by atoms with Gasteiger partial charge in [-0.25, -0.2) is 0 Å².